The largest absolute Gasteiger partial charge is 0.495 e. The van der Waals surface area contributed by atoms with E-state index in [1.54, 1.807) is 25.3 Å². The number of hydrogen-bond donors (Lipinski definition) is 2. The third-order valence-electron chi connectivity index (χ3n) is 2.93. The fraction of sp³-hybridized carbons (Fsp3) is 0.133. The number of ether oxygens (including phenoxy) is 1. The van der Waals surface area contributed by atoms with Crippen molar-refractivity contribution in [2.75, 3.05) is 12.4 Å². The molecule has 0 radical (unpaired) electrons. The molecule has 0 aromatic heterocycles. The molecule has 2 aromatic rings. The maximum absolute atomic E-state index is 10.9. The van der Waals surface area contributed by atoms with Crippen LogP contribution in [0.15, 0.2) is 45.3 Å². The van der Waals surface area contributed by atoms with E-state index in [0.717, 1.165) is 25.9 Å². The van der Waals surface area contributed by atoms with Gasteiger partial charge in [0.05, 0.1) is 18.4 Å². The molecule has 2 N–H and O–H groups in total. The number of anilines is 1. The number of rotatable bonds is 5. The Kier molecular flexibility index (Phi) is 5.25. The van der Waals surface area contributed by atoms with Gasteiger partial charge < -0.3 is 15.2 Å². The van der Waals surface area contributed by atoms with E-state index in [0.29, 0.717) is 6.54 Å². The molecule has 0 aliphatic heterocycles. The maximum atomic E-state index is 10.9. The molecule has 0 spiro atoms. The fourth-order valence-corrected chi connectivity index (χ4v) is 2.71. The number of halogens is 2. The fourth-order valence-electron chi connectivity index (χ4n) is 1.83. The normalized spacial score (nSPS) is 10.2. The summed E-state index contributed by atoms with van der Waals surface area (Å²) in [4.78, 5) is 10.9. The van der Waals surface area contributed by atoms with Gasteiger partial charge in [0, 0.05) is 15.5 Å². The summed E-state index contributed by atoms with van der Waals surface area (Å²) >= 11 is 6.82. The molecule has 2 rings (SSSR count). The summed E-state index contributed by atoms with van der Waals surface area (Å²) in [6.45, 7) is 0.549. The summed E-state index contributed by atoms with van der Waals surface area (Å²) in [5.74, 6) is -0.194. The highest BCUT2D eigenvalue weighted by Crippen LogP contribution is 2.29. The van der Waals surface area contributed by atoms with Gasteiger partial charge in [0.2, 0.25) is 0 Å². The molecule has 0 bridgehead atoms. The average molecular weight is 415 g/mol. The molecule has 0 amide bonds. The summed E-state index contributed by atoms with van der Waals surface area (Å²) in [6, 6.07) is 10.7. The third kappa shape index (κ3) is 3.98. The van der Waals surface area contributed by atoms with Crippen LogP contribution in [0.1, 0.15) is 15.9 Å². The maximum Gasteiger partial charge on any atom is 0.335 e. The smallest absolute Gasteiger partial charge is 0.335 e. The lowest BCUT2D eigenvalue weighted by molar-refractivity contribution is 0.0697. The Bertz CT molecular complexity index is 674. The van der Waals surface area contributed by atoms with Gasteiger partial charge in [-0.3, -0.25) is 0 Å². The van der Waals surface area contributed by atoms with Gasteiger partial charge in [-0.2, -0.15) is 0 Å². The zero-order valence-electron chi connectivity index (χ0n) is 11.2. The lowest BCUT2D eigenvalue weighted by atomic mass is 10.1. The zero-order chi connectivity index (χ0) is 15.4. The number of carboxylic acid groups (broad SMARTS) is 1. The molecule has 0 aliphatic carbocycles. The van der Waals surface area contributed by atoms with Crippen molar-refractivity contribution in [3.63, 3.8) is 0 Å². The molecule has 0 aliphatic rings. The average Bonchev–Trinajstić information content (AvgIpc) is 2.46. The molecular weight excluding hydrogens is 402 g/mol. The summed E-state index contributed by atoms with van der Waals surface area (Å²) in [5.41, 5.74) is 2.08. The van der Waals surface area contributed by atoms with E-state index in [2.05, 4.69) is 37.2 Å². The lowest BCUT2D eigenvalue weighted by Crippen LogP contribution is -2.03. The van der Waals surface area contributed by atoms with E-state index >= 15 is 0 Å². The van der Waals surface area contributed by atoms with Gasteiger partial charge in [-0.15, -0.1) is 0 Å². The molecule has 110 valence electrons. The molecule has 21 heavy (non-hydrogen) atoms. The van der Waals surface area contributed by atoms with Crippen molar-refractivity contribution in [1.82, 2.24) is 0 Å². The van der Waals surface area contributed by atoms with E-state index in [1.807, 2.05) is 18.2 Å². The Balaban J connectivity index is 2.17. The van der Waals surface area contributed by atoms with Crippen LogP contribution in [0.2, 0.25) is 0 Å². The Labute approximate surface area is 139 Å². The number of nitrogens with one attached hydrogen (secondary N) is 1. The van der Waals surface area contributed by atoms with Crippen molar-refractivity contribution in [2.45, 2.75) is 6.54 Å². The van der Waals surface area contributed by atoms with Crippen LogP contribution in [0.5, 0.6) is 5.75 Å². The number of methoxy groups -OCH3 is 1. The van der Waals surface area contributed by atoms with Crippen molar-refractivity contribution >= 4 is 43.5 Å². The number of carbonyl (C=O) groups is 1. The van der Waals surface area contributed by atoms with Crippen LogP contribution in [-0.4, -0.2) is 18.2 Å². The minimum Gasteiger partial charge on any atom is -0.495 e. The van der Waals surface area contributed by atoms with E-state index in [-0.39, 0.29) is 5.56 Å². The van der Waals surface area contributed by atoms with Crippen molar-refractivity contribution in [1.29, 1.82) is 0 Å². The highest BCUT2D eigenvalue weighted by atomic mass is 79.9. The van der Waals surface area contributed by atoms with Gasteiger partial charge in [-0.25, -0.2) is 4.79 Å². The number of hydrogen-bond acceptors (Lipinski definition) is 3. The summed E-state index contributed by atoms with van der Waals surface area (Å²) in [7, 11) is 1.62. The number of benzene rings is 2. The highest BCUT2D eigenvalue weighted by molar-refractivity contribution is 9.10. The van der Waals surface area contributed by atoms with Gasteiger partial charge in [0.25, 0.3) is 0 Å². The Hall–Kier alpha value is -1.53. The number of carboxylic acids is 1. The first kappa shape index (κ1) is 15.9. The first-order valence-corrected chi connectivity index (χ1v) is 7.69. The Morgan fingerprint density at radius 2 is 2.00 bits per heavy atom. The molecule has 0 atom stereocenters. The second-order valence-electron chi connectivity index (χ2n) is 4.31. The first-order valence-electron chi connectivity index (χ1n) is 6.10. The molecule has 0 fully saturated rings. The Morgan fingerprint density at radius 1 is 1.24 bits per heavy atom. The van der Waals surface area contributed by atoms with Gasteiger partial charge in [-0.05, 0) is 35.9 Å². The minimum absolute atomic E-state index is 0.255. The number of aromatic carboxylic acids is 1. The molecule has 0 saturated carbocycles. The molecule has 0 saturated heterocycles. The quantitative estimate of drug-likeness (QED) is 0.754. The molecular formula is C15H13Br2NO3. The predicted molar refractivity (Wildman–Crippen MR) is 89.1 cm³/mol. The topological polar surface area (TPSA) is 58.6 Å². The van der Waals surface area contributed by atoms with Gasteiger partial charge in [0.15, 0.2) is 0 Å². The zero-order valence-corrected chi connectivity index (χ0v) is 14.4. The first-order chi connectivity index (χ1) is 10.0. The van der Waals surface area contributed by atoms with Crippen molar-refractivity contribution in [2.24, 2.45) is 0 Å². The standard InChI is InChI=1S/C15H13Br2NO3/c1-21-14-5-4-11(16)7-13(14)18-8-10-3-2-9(15(19)20)6-12(10)17/h2-7,18H,8H2,1H3,(H,19,20). The molecule has 2 aromatic carbocycles. The van der Waals surface area contributed by atoms with E-state index in [1.165, 1.54) is 0 Å². The van der Waals surface area contributed by atoms with Gasteiger partial charge in [0.1, 0.15) is 5.75 Å². The molecule has 4 nitrogen and oxygen atoms in total. The van der Waals surface area contributed by atoms with Crippen LogP contribution in [0.3, 0.4) is 0 Å². The van der Waals surface area contributed by atoms with Crippen LogP contribution in [0.25, 0.3) is 0 Å². The Morgan fingerprint density at radius 3 is 2.62 bits per heavy atom. The van der Waals surface area contributed by atoms with Crippen LogP contribution >= 0.6 is 31.9 Å². The minimum atomic E-state index is -0.941. The summed E-state index contributed by atoms with van der Waals surface area (Å²) in [5, 5.41) is 12.2. The van der Waals surface area contributed by atoms with Gasteiger partial charge in [-0.1, -0.05) is 37.9 Å². The van der Waals surface area contributed by atoms with E-state index in [4.69, 9.17) is 9.84 Å². The van der Waals surface area contributed by atoms with E-state index < -0.39 is 5.97 Å². The van der Waals surface area contributed by atoms with Crippen LogP contribution < -0.4 is 10.1 Å². The summed E-state index contributed by atoms with van der Waals surface area (Å²) < 4.78 is 7.00. The molecule has 0 unspecified atom stereocenters. The lowest BCUT2D eigenvalue weighted by Gasteiger charge is -2.13. The highest BCUT2D eigenvalue weighted by Gasteiger charge is 2.08. The second kappa shape index (κ2) is 6.95. The van der Waals surface area contributed by atoms with Crippen molar-refractivity contribution in [3.8, 4) is 5.75 Å². The van der Waals surface area contributed by atoms with Crippen LogP contribution in [0, 0.1) is 0 Å². The summed E-state index contributed by atoms with van der Waals surface area (Å²) in [6.07, 6.45) is 0. The molecule has 6 heteroatoms. The second-order valence-corrected chi connectivity index (χ2v) is 6.08. The van der Waals surface area contributed by atoms with Crippen molar-refractivity contribution in [3.05, 3.63) is 56.5 Å². The SMILES string of the molecule is COc1ccc(Br)cc1NCc1ccc(C(=O)O)cc1Br. The van der Waals surface area contributed by atoms with E-state index in [9.17, 15) is 4.79 Å². The third-order valence-corrected chi connectivity index (χ3v) is 4.16. The van der Waals surface area contributed by atoms with Gasteiger partial charge >= 0.3 is 5.97 Å². The van der Waals surface area contributed by atoms with Crippen LogP contribution in [0.4, 0.5) is 5.69 Å². The molecule has 0 heterocycles. The van der Waals surface area contributed by atoms with Crippen LogP contribution in [-0.2, 0) is 6.54 Å². The predicted octanol–water partition coefficient (Wildman–Crippen LogP) is 4.53. The van der Waals surface area contributed by atoms with Crippen molar-refractivity contribution < 1.29 is 14.6 Å². The monoisotopic (exact) mass is 413 g/mol.